The molecule has 2 aromatic rings. The van der Waals surface area contributed by atoms with Crippen LogP contribution in [0.25, 0.3) is 0 Å². The first kappa shape index (κ1) is 21.2. The van der Waals surface area contributed by atoms with Gasteiger partial charge in [0.25, 0.3) is 0 Å². The van der Waals surface area contributed by atoms with Gasteiger partial charge in [0.15, 0.2) is 4.87 Å². The molecule has 31 heavy (non-hydrogen) atoms. The fourth-order valence-corrected chi connectivity index (χ4v) is 6.12. The van der Waals surface area contributed by atoms with Gasteiger partial charge >= 0.3 is 17.9 Å². The van der Waals surface area contributed by atoms with Crippen LogP contribution in [0.3, 0.4) is 0 Å². The standard InChI is InChI=1S/C20H18N2O7S2/c1-27-17(24)14-10(15(18(25)28-2)30-16(14)21)9-29-19(26)20-8-7-13(23)22(20)11-5-3-4-6-12(11)31-20/h3-6H,7-9,21H2,1-2H3/t20-/m0/s1. The van der Waals surface area contributed by atoms with Gasteiger partial charge in [-0.3, -0.25) is 9.69 Å². The van der Waals surface area contributed by atoms with Crippen molar-refractivity contribution in [1.29, 1.82) is 0 Å². The zero-order valence-corrected chi connectivity index (χ0v) is 18.3. The molecule has 2 aliphatic rings. The SMILES string of the molecule is COC(=O)c1sc(N)c(C(=O)OC)c1COC(=O)[C@@]12CCC(=O)N1c1ccccc1S2. The largest absolute Gasteiger partial charge is 0.465 e. The average Bonchev–Trinajstić information content (AvgIpc) is 3.40. The number of nitrogen functional groups attached to an aromatic ring is 1. The van der Waals surface area contributed by atoms with Crippen LogP contribution in [0.2, 0.25) is 0 Å². The van der Waals surface area contributed by atoms with E-state index in [-0.39, 0.29) is 39.8 Å². The van der Waals surface area contributed by atoms with E-state index in [4.69, 9.17) is 19.9 Å². The maximum atomic E-state index is 13.2. The molecule has 0 aliphatic carbocycles. The molecule has 1 fully saturated rings. The molecule has 11 heteroatoms. The highest BCUT2D eigenvalue weighted by atomic mass is 32.2. The number of anilines is 2. The number of carbonyl (C=O) groups is 4. The Morgan fingerprint density at radius 1 is 1.16 bits per heavy atom. The predicted octanol–water partition coefficient (Wildman–Crippen LogP) is 2.58. The summed E-state index contributed by atoms with van der Waals surface area (Å²) in [5.41, 5.74) is 6.65. The zero-order chi connectivity index (χ0) is 22.3. The van der Waals surface area contributed by atoms with Gasteiger partial charge in [-0.05, 0) is 12.1 Å². The molecule has 4 rings (SSSR count). The highest BCUT2D eigenvalue weighted by molar-refractivity contribution is 8.02. The summed E-state index contributed by atoms with van der Waals surface area (Å²) in [4.78, 5) is 51.3. The van der Waals surface area contributed by atoms with Gasteiger partial charge in [-0.15, -0.1) is 11.3 Å². The average molecular weight is 463 g/mol. The second-order valence-electron chi connectivity index (χ2n) is 6.79. The Balaban J connectivity index is 1.65. The number of para-hydroxylation sites is 1. The van der Waals surface area contributed by atoms with E-state index in [1.54, 1.807) is 12.1 Å². The van der Waals surface area contributed by atoms with Gasteiger partial charge in [0.1, 0.15) is 22.0 Å². The summed E-state index contributed by atoms with van der Waals surface area (Å²) in [6, 6.07) is 7.25. The molecule has 0 spiro atoms. The number of nitrogens with two attached hydrogens (primary N) is 1. The number of fused-ring (bicyclic) bond motifs is 3. The third-order valence-electron chi connectivity index (χ3n) is 5.13. The van der Waals surface area contributed by atoms with Gasteiger partial charge in [-0.1, -0.05) is 23.9 Å². The summed E-state index contributed by atoms with van der Waals surface area (Å²) in [6.45, 7) is -0.401. The van der Waals surface area contributed by atoms with E-state index >= 15 is 0 Å². The number of benzene rings is 1. The van der Waals surface area contributed by atoms with E-state index in [1.165, 1.54) is 30.9 Å². The molecule has 2 aliphatic heterocycles. The van der Waals surface area contributed by atoms with Gasteiger partial charge in [0.2, 0.25) is 5.91 Å². The highest BCUT2D eigenvalue weighted by Gasteiger charge is 2.58. The first-order chi connectivity index (χ1) is 14.8. The Morgan fingerprint density at radius 3 is 2.58 bits per heavy atom. The van der Waals surface area contributed by atoms with E-state index in [9.17, 15) is 19.2 Å². The third-order valence-corrected chi connectivity index (χ3v) is 7.63. The highest BCUT2D eigenvalue weighted by Crippen LogP contribution is 2.56. The minimum absolute atomic E-state index is 0.0417. The second-order valence-corrected chi connectivity index (χ2v) is 9.16. The minimum atomic E-state index is -1.22. The Morgan fingerprint density at radius 2 is 1.87 bits per heavy atom. The molecular formula is C20H18N2O7S2. The summed E-state index contributed by atoms with van der Waals surface area (Å²) < 4.78 is 15.1. The predicted molar refractivity (Wildman–Crippen MR) is 113 cm³/mol. The van der Waals surface area contributed by atoms with Crippen molar-refractivity contribution in [3.05, 3.63) is 40.3 Å². The molecule has 1 atom stereocenters. The number of carbonyl (C=O) groups excluding carboxylic acids is 4. The van der Waals surface area contributed by atoms with E-state index in [0.29, 0.717) is 5.69 Å². The number of hydrogen-bond donors (Lipinski definition) is 1. The summed E-state index contributed by atoms with van der Waals surface area (Å²) >= 11 is 2.11. The lowest BCUT2D eigenvalue weighted by molar-refractivity contribution is -0.148. The van der Waals surface area contributed by atoms with E-state index < -0.39 is 29.4 Å². The van der Waals surface area contributed by atoms with Crippen LogP contribution in [0.1, 0.15) is 38.4 Å². The van der Waals surface area contributed by atoms with Crippen molar-refractivity contribution in [2.75, 3.05) is 24.9 Å². The fourth-order valence-electron chi connectivity index (χ4n) is 3.73. The molecule has 0 radical (unpaired) electrons. The lowest BCUT2D eigenvalue weighted by atomic mass is 10.1. The maximum Gasteiger partial charge on any atom is 0.348 e. The summed E-state index contributed by atoms with van der Waals surface area (Å²) in [5.74, 6) is -2.28. The van der Waals surface area contributed by atoms with Crippen molar-refractivity contribution < 1.29 is 33.4 Å². The first-order valence-electron chi connectivity index (χ1n) is 9.20. The number of rotatable bonds is 5. The molecule has 162 valence electrons. The molecular weight excluding hydrogens is 444 g/mol. The minimum Gasteiger partial charge on any atom is -0.465 e. The number of esters is 3. The normalized spacial score (nSPS) is 19.0. The molecule has 3 heterocycles. The van der Waals surface area contributed by atoms with Crippen LogP contribution >= 0.6 is 23.1 Å². The number of thiophene rings is 1. The van der Waals surface area contributed by atoms with Crippen LogP contribution < -0.4 is 10.6 Å². The van der Waals surface area contributed by atoms with Crippen LogP contribution in [0.4, 0.5) is 10.7 Å². The fraction of sp³-hybridized carbons (Fsp3) is 0.300. The lowest BCUT2D eigenvalue weighted by Crippen LogP contribution is -2.47. The Labute approximate surface area is 185 Å². The van der Waals surface area contributed by atoms with Crippen molar-refractivity contribution in [2.24, 2.45) is 0 Å². The van der Waals surface area contributed by atoms with Gasteiger partial charge in [-0.2, -0.15) is 0 Å². The monoisotopic (exact) mass is 462 g/mol. The Bertz CT molecular complexity index is 1110. The number of methoxy groups -OCH3 is 2. The van der Waals surface area contributed by atoms with Crippen LogP contribution in [0.5, 0.6) is 0 Å². The van der Waals surface area contributed by atoms with Crippen LogP contribution in [0, 0.1) is 0 Å². The molecule has 9 nitrogen and oxygen atoms in total. The number of thioether (sulfide) groups is 1. The maximum absolute atomic E-state index is 13.2. The van der Waals surface area contributed by atoms with Crippen molar-refractivity contribution in [1.82, 2.24) is 0 Å². The lowest BCUT2D eigenvalue weighted by Gasteiger charge is -2.28. The van der Waals surface area contributed by atoms with Crippen molar-refractivity contribution in [3.8, 4) is 0 Å². The molecule has 1 aromatic heterocycles. The number of nitrogens with zero attached hydrogens (tertiary/aromatic N) is 1. The molecule has 0 unspecified atom stereocenters. The molecule has 1 aromatic carbocycles. The molecule has 0 bridgehead atoms. The summed E-state index contributed by atoms with van der Waals surface area (Å²) in [6.07, 6.45) is 0.492. The third kappa shape index (κ3) is 3.24. The van der Waals surface area contributed by atoms with Crippen molar-refractivity contribution in [3.63, 3.8) is 0 Å². The summed E-state index contributed by atoms with van der Waals surface area (Å²) in [5, 5.41) is 0.0526. The van der Waals surface area contributed by atoms with Gasteiger partial charge < -0.3 is 19.9 Å². The first-order valence-corrected chi connectivity index (χ1v) is 10.8. The quantitative estimate of drug-likeness (QED) is 0.527. The van der Waals surface area contributed by atoms with Gasteiger partial charge in [-0.25, -0.2) is 14.4 Å². The number of ether oxygens (including phenoxy) is 3. The molecule has 1 saturated heterocycles. The van der Waals surface area contributed by atoms with Crippen LogP contribution in [-0.2, 0) is 30.4 Å². The topological polar surface area (TPSA) is 125 Å². The molecule has 0 saturated carbocycles. The van der Waals surface area contributed by atoms with E-state index in [0.717, 1.165) is 16.2 Å². The number of hydrogen-bond acceptors (Lipinski definition) is 10. The molecule has 1 amide bonds. The van der Waals surface area contributed by atoms with Crippen LogP contribution in [0.15, 0.2) is 29.2 Å². The molecule has 2 N–H and O–H groups in total. The van der Waals surface area contributed by atoms with Gasteiger partial charge in [0, 0.05) is 23.3 Å². The Hall–Kier alpha value is -3.05. The van der Waals surface area contributed by atoms with Crippen LogP contribution in [-0.4, -0.2) is 42.9 Å². The second kappa shape index (κ2) is 7.89. The van der Waals surface area contributed by atoms with Crippen molar-refractivity contribution in [2.45, 2.75) is 29.2 Å². The van der Waals surface area contributed by atoms with Gasteiger partial charge in [0.05, 0.1) is 19.9 Å². The Kier molecular flexibility index (Phi) is 5.40. The smallest absolute Gasteiger partial charge is 0.348 e. The zero-order valence-electron chi connectivity index (χ0n) is 16.6. The summed E-state index contributed by atoms with van der Waals surface area (Å²) in [7, 11) is 2.37. The van der Waals surface area contributed by atoms with Crippen molar-refractivity contribution >= 4 is 57.6 Å². The van der Waals surface area contributed by atoms with E-state index in [2.05, 4.69) is 0 Å². The number of amides is 1. The van der Waals surface area contributed by atoms with E-state index in [1.807, 2.05) is 12.1 Å².